The van der Waals surface area contributed by atoms with Crippen LogP contribution in [0.4, 0.5) is 0 Å². The van der Waals surface area contributed by atoms with E-state index in [-0.39, 0.29) is 5.75 Å². The lowest BCUT2D eigenvalue weighted by Gasteiger charge is -2.06. The van der Waals surface area contributed by atoms with Gasteiger partial charge in [0.15, 0.2) is 0 Å². The molecule has 0 aliphatic heterocycles. The van der Waals surface area contributed by atoms with Crippen molar-refractivity contribution in [3.8, 4) is 0 Å². The summed E-state index contributed by atoms with van der Waals surface area (Å²) in [5.41, 5.74) is 0. The van der Waals surface area contributed by atoms with E-state index in [4.69, 9.17) is 0 Å². The average molecular weight is 244 g/mol. The number of rotatable bonds is 8. The summed E-state index contributed by atoms with van der Waals surface area (Å²) in [6.45, 7) is 3.36. The predicted octanol–water partition coefficient (Wildman–Crippen LogP) is 1.60. The van der Waals surface area contributed by atoms with Gasteiger partial charge in [-0.2, -0.15) is 0 Å². The lowest BCUT2D eigenvalue weighted by Crippen LogP contribution is -2.27. The van der Waals surface area contributed by atoms with E-state index in [9.17, 15) is 8.42 Å². The van der Waals surface area contributed by atoms with Gasteiger partial charge in [-0.25, -0.2) is 13.1 Å². The van der Waals surface area contributed by atoms with E-state index in [2.05, 4.69) is 4.72 Å². The molecule has 0 fully saturated rings. The molecule has 4 nitrogen and oxygen atoms in total. The van der Waals surface area contributed by atoms with Gasteiger partial charge in [-0.3, -0.25) is 0 Å². The van der Waals surface area contributed by atoms with Gasteiger partial charge in [0.25, 0.3) is 0 Å². The molecule has 0 aliphatic carbocycles. The minimum atomic E-state index is -3.04. The van der Waals surface area contributed by atoms with Gasteiger partial charge in [0.1, 0.15) is 0 Å². The van der Waals surface area contributed by atoms with Crippen molar-refractivity contribution in [1.82, 2.24) is 9.29 Å². The number of nitrogens with one attached hydrogen (secondary N) is 1. The third-order valence-electron chi connectivity index (χ3n) is 2.35. The summed E-state index contributed by atoms with van der Waals surface area (Å²) in [6.07, 6.45) is 6.41. The van der Waals surface area contributed by atoms with Gasteiger partial charge in [-0.1, -0.05) is 13.3 Å². The zero-order chi connectivity index (χ0) is 11.9. The second kappa shape index (κ2) is 6.70. The fourth-order valence-corrected chi connectivity index (χ4v) is 2.68. The summed E-state index contributed by atoms with van der Waals surface area (Å²) >= 11 is 0. The Hall–Kier alpha value is -0.810. The Morgan fingerprint density at radius 2 is 1.88 bits per heavy atom. The molecule has 1 aromatic rings. The summed E-state index contributed by atoms with van der Waals surface area (Å²) in [7, 11) is -3.04. The van der Waals surface area contributed by atoms with Crippen LogP contribution in [0.5, 0.6) is 0 Å². The number of hydrogen-bond donors (Lipinski definition) is 1. The fraction of sp³-hybridized carbons (Fsp3) is 0.636. The third kappa shape index (κ3) is 5.32. The van der Waals surface area contributed by atoms with Crippen molar-refractivity contribution in [2.75, 3.05) is 12.3 Å². The van der Waals surface area contributed by atoms with Crippen molar-refractivity contribution in [3.63, 3.8) is 0 Å². The summed E-state index contributed by atoms with van der Waals surface area (Å²) in [6, 6.07) is 3.93. The van der Waals surface area contributed by atoms with Crippen LogP contribution in [0.2, 0.25) is 0 Å². The molecule has 1 heterocycles. The minimum Gasteiger partial charge on any atom is -0.354 e. The maximum atomic E-state index is 11.4. The molecule has 0 saturated carbocycles. The van der Waals surface area contributed by atoms with E-state index in [1.807, 2.05) is 36.0 Å². The highest BCUT2D eigenvalue weighted by molar-refractivity contribution is 7.89. The Balaban J connectivity index is 2.15. The first-order chi connectivity index (χ1) is 7.64. The van der Waals surface area contributed by atoms with Crippen LogP contribution in [0.15, 0.2) is 24.5 Å². The zero-order valence-corrected chi connectivity index (χ0v) is 10.5. The summed E-state index contributed by atoms with van der Waals surface area (Å²) in [4.78, 5) is 0. The van der Waals surface area contributed by atoms with E-state index in [0.717, 1.165) is 25.8 Å². The molecule has 0 atom stereocenters. The molecule has 0 amide bonds. The van der Waals surface area contributed by atoms with Crippen molar-refractivity contribution in [2.24, 2.45) is 0 Å². The molecule has 0 bridgehead atoms. The molecule has 0 aliphatic rings. The molecular weight excluding hydrogens is 224 g/mol. The van der Waals surface area contributed by atoms with Gasteiger partial charge in [0.2, 0.25) is 10.0 Å². The van der Waals surface area contributed by atoms with Crippen LogP contribution in [-0.4, -0.2) is 25.3 Å². The average Bonchev–Trinajstić information content (AvgIpc) is 2.75. The normalized spacial score (nSPS) is 11.8. The lowest BCUT2D eigenvalue weighted by atomic mass is 10.4. The number of hydrogen-bond acceptors (Lipinski definition) is 2. The topological polar surface area (TPSA) is 51.1 Å². The monoisotopic (exact) mass is 244 g/mol. The summed E-state index contributed by atoms with van der Waals surface area (Å²) in [5, 5.41) is 0. The van der Waals surface area contributed by atoms with Gasteiger partial charge < -0.3 is 4.57 Å². The summed E-state index contributed by atoms with van der Waals surface area (Å²) < 4.78 is 27.5. The molecular formula is C11H20N2O2S. The highest BCUT2D eigenvalue weighted by atomic mass is 32.2. The Morgan fingerprint density at radius 1 is 1.19 bits per heavy atom. The molecule has 0 aromatic carbocycles. The first-order valence-corrected chi connectivity index (χ1v) is 7.37. The SMILES string of the molecule is CCCCS(=O)(=O)NCCCn1cccc1. The summed E-state index contributed by atoms with van der Waals surface area (Å²) in [5.74, 6) is 0.243. The fourth-order valence-electron chi connectivity index (χ4n) is 1.42. The number of nitrogens with zero attached hydrogens (tertiary/aromatic N) is 1. The number of sulfonamides is 1. The molecule has 92 valence electrons. The number of unbranched alkanes of at least 4 members (excludes halogenated alkanes) is 1. The maximum Gasteiger partial charge on any atom is 0.211 e. The maximum absolute atomic E-state index is 11.4. The third-order valence-corrected chi connectivity index (χ3v) is 3.82. The Kier molecular flexibility index (Phi) is 5.55. The number of aryl methyl sites for hydroxylation is 1. The second-order valence-corrected chi connectivity index (χ2v) is 5.77. The van der Waals surface area contributed by atoms with Crippen LogP contribution in [0.3, 0.4) is 0 Å². The quantitative estimate of drug-likeness (QED) is 0.706. The first-order valence-electron chi connectivity index (χ1n) is 5.72. The largest absolute Gasteiger partial charge is 0.354 e. The molecule has 0 saturated heterocycles. The van der Waals surface area contributed by atoms with E-state index in [1.165, 1.54) is 0 Å². The smallest absolute Gasteiger partial charge is 0.211 e. The predicted molar refractivity (Wildman–Crippen MR) is 65.7 cm³/mol. The van der Waals surface area contributed by atoms with Crippen molar-refractivity contribution in [3.05, 3.63) is 24.5 Å². The molecule has 1 N–H and O–H groups in total. The molecule has 1 aromatic heterocycles. The molecule has 0 spiro atoms. The highest BCUT2D eigenvalue weighted by Crippen LogP contribution is 1.95. The van der Waals surface area contributed by atoms with Gasteiger partial charge in [0, 0.05) is 25.5 Å². The van der Waals surface area contributed by atoms with Crippen molar-refractivity contribution >= 4 is 10.0 Å². The van der Waals surface area contributed by atoms with E-state index >= 15 is 0 Å². The van der Waals surface area contributed by atoms with Gasteiger partial charge in [-0.15, -0.1) is 0 Å². The van der Waals surface area contributed by atoms with Crippen LogP contribution in [0.1, 0.15) is 26.2 Å². The Morgan fingerprint density at radius 3 is 2.50 bits per heavy atom. The molecule has 0 radical (unpaired) electrons. The number of aromatic nitrogens is 1. The van der Waals surface area contributed by atoms with Crippen LogP contribution >= 0.6 is 0 Å². The highest BCUT2D eigenvalue weighted by Gasteiger charge is 2.07. The zero-order valence-electron chi connectivity index (χ0n) is 9.72. The van der Waals surface area contributed by atoms with E-state index in [0.29, 0.717) is 6.54 Å². The molecule has 1 rings (SSSR count). The van der Waals surface area contributed by atoms with Gasteiger partial charge >= 0.3 is 0 Å². The second-order valence-electron chi connectivity index (χ2n) is 3.84. The minimum absolute atomic E-state index is 0.243. The van der Waals surface area contributed by atoms with Gasteiger partial charge in [-0.05, 0) is 25.0 Å². The standard InChI is InChI=1S/C11H20N2O2S/c1-2-3-11-16(14,15)12-7-6-10-13-8-4-5-9-13/h4-5,8-9,12H,2-3,6-7,10-11H2,1H3. The van der Waals surface area contributed by atoms with Crippen molar-refractivity contribution in [1.29, 1.82) is 0 Å². The molecule has 16 heavy (non-hydrogen) atoms. The molecule has 0 unspecified atom stereocenters. The van der Waals surface area contributed by atoms with Crippen molar-refractivity contribution in [2.45, 2.75) is 32.7 Å². The lowest BCUT2D eigenvalue weighted by molar-refractivity contribution is 0.567. The van der Waals surface area contributed by atoms with Crippen LogP contribution in [0, 0.1) is 0 Å². The van der Waals surface area contributed by atoms with Crippen LogP contribution in [-0.2, 0) is 16.6 Å². The first kappa shape index (κ1) is 13.3. The van der Waals surface area contributed by atoms with E-state index < -0.39 is 10.0 Å². The van der Waals surface area contributed by atoms with Crippen LogP contribution in [0.25, 0.3) is 0 Å². The Labute approximate surface area is 97.7 Å². The molecule has 5 heteroatoms. The van der Waals surface area contributed by atoms with Crippen LogP contribution < -0.4 is 4.72 Å². The van der Waals surface area contributed by atoms with Gasteiger partial charge in [0.05, 0.1) is 5.75 Å². The van der Waals surface area contributed by atoms with Crippen molar-refractivity contribution < 1.29 is 8.42 Å². The van der Waals surface area contributed by atoms with E-state index in [1.54, 1.807) is 0 Å². The Bertz CT molecular complexity index is 371.